The van der Waals surface area contributed by atoms with Crippen molar-refractivity contribution in [2.75, 3.05) is 7.11 Å². The summed E-state index contributed by atoms with van der Waals surface area (Å²) >= 11 is 0. The Morgan fingerprint density at radius 3 is 2.74 bits per heavy atom. The van der Waals surface area contributed by atoms with Gasteiger partial charge in [-0.25, -0.2) is 4.79 Å². The lowest BCUT2D eigenvalue weighted by molar-refractivity contribution is 0.409. The summed E-state index contributed by atoms with van der Waals surface area (Å²) in [5, 5.41) is 0.956. The summed E-state index contributed by atoms with van der Waals surface area (Å²) in [6, 6.07) is 5.36. The summed E-state index contributed by atoms with van der Waals surface area (Å²) in [6.45, 7) is 5.99. The highest BCUT2D eigenvalue weighted by Crippen LogP contribution is 2.29. The SMILES string of the molecule is COc1ccc2c(C)cc(=O)oc2c1CC=C(C)C. The number of ether oxygens (including phenoxy) is 1. The molecule has 0 bridgehead atoms. The summed E-state index contributed by atoms with van der Waals surface area (Å²) in [4.78, 5) is 11.6. The molecule has 0 aliphatic rings. The Balaban J connectivity index is 2.75. The highest BCUT2D eigenvalue weighted by atomic mass is 16.5. The number of allylic oxidation sites excluding steroid dienone is 2. The molecule has 0 amide bonds. The second-order valence-electron chi connectivity index (χ2n) is 4.86. The molecule has 1 aromatic heterocycles. The smallest absolute Gasteiger partial charge is 0.336 e. The molecule has 0 fully saturated rings. The van der Waals surface area contributed by atoms with E-state index in [-0.39, 0.29) is 5.63 Å². The molecule has 0 radical (unpaired) electrons. The second kappa shape index (κ2) is 5.31. The van der Waals surface area contributed by atoms with E-state index in [4.69, 9.17) is 9.15 Å². The fourth-order valence-corrected chi connectivity index (χ4v) is 2.11. The topological polar surface area (TPSA) is 39.4 Å². The Labute approximate surface area is 112 Å². The summed E-state index contributed by atoms with van der Waals surface area (Å²) in [5.74, 6) is 0.749. The number of hydrogen-bond donors (Lipinski definition) is 0. The molecule has 19 heavy (non-hydrogen) atoms. The maximum atomic E-state index is 11.6. The zero-order valence-corrected chi connectivity index (χ0v) is 11.7. The van der Waals surface area contributed by atoms with Gasteiger partial charge in [-0.3, -0.25) is 0 Å². The van der Waals surface area contributed by atoms with Gasteiger partial charge in [0.25, 0.3) is 0 Å². The van der Waals surface area contributed by atoms with Gasteiger partial charge in [0.2, 0.25) is 0 Å². The molecule has 3 nitrogen and oxygen atoms in total. The van der Waals surface area contributed by atoms with Crippen LogP contribution in [0.25, 0.3) is 11.0 Å². The summed E-state index contributed by atoms with van der Waals surface area (Å²) in [5.41, 5.74) is 3.36. The van der Waals surface area contributed by atoms with Crippen molar-refractivity contribution in [1.82, 2.24) is 0 Å². The monoisotopic (exact) mass is 258 g/mol. The number of benzene rings is 1. The molecular weight excluding hydrogens is 240 g/mol. The van der Waals surface area contributed by atoms with Crippen LogP contribution in [-0.2, 0) is 6.42 Å². The molecule has 1 aromatic carbocycles. The quantitative estimate of drug-likeness (QED) is 0.623. The number of methoxy groups -OCH3 is 1. The Hall–Kier alpha value is -2.03. The van der Waals surface area contributed by atoms with Crippen LogP contribution in [0, 0.1) is 6.92 Å². The number of aryl methyl sites for hydroxylation is 1. The molecule has 3 heteroatoms. The third kappa shape index (κ3) is 2.70. The largest absolute Gasteiger partial charge is 0.496 e. The third-order valence-electron chi connectivity index (χ3n) is 3.11. The van der Waals surface area contributed by atoms with Crippen LogP contribution in [0.3, 0.4) is 0 Å². The number of hydrogen-bond acceptors (Lipinski definition) is 3. The molecule has 0 spiro atoms. The van der Waals surface area contributed by atoms with Gasteiger partial charge in [-0.1, -0.05) is 11.6 Å². The molecule has 0 N–H and O–H groups in total. The molecule has 0 unspecified atom stereocenters. The Morgan fingerprint density at radius 2 is 2.11 bits per heavy atom. The van der Waals surface area contributed by atoms with Gasteiger partial charge in [0.15, 0.2) is 0 Å². The first kappa shape index (κ1) is 13.4. The van der Waals surface area contributed by atoms with Gasteiger partial charge in [-0.2, -0.15) is 0 Å². The van der Waals surface area contributed by atoms with Crippen molar-refractivity contribution >= 4 is 11.0 Å². The van der Waals surface area contributed by atoms with Crippen LogP contribution in [0.5, 0.6) is 5.75 Å². The van der Waals surface area contributed by atoms with E-state index in [0.29, 0.717) is 12.0 Å². The standard InChI is InChI=1S/C16H18O3/c1-10(2)5-6-13-14(18-4)8-7-12-11(3)9-15(17)19-16(12)13/h5,7-9H,6H2,1-4H3. The highest BCUT2D eigenvalue weighted by Gasteiger charge is 2.12. The van der Waals surface area contributed by atoms with Crippen LogP contribution in [-0.4, -0.2) is 7.11 Å². The number of fused-ring (bicyclic) bond motifs is 1. The molecule has 2 aromatic rings. The second-order valence-corrected chi connectivity index (χ2v) is 4.86. The van der Waals surface area contributed by atoms with Crippen LogP contribution in [0.15, 0.2) is 39.1 Å². The normalized spacial score (nSPS) is 10.5. The van der Waals surface area contributed by atoms with Crippen LogP contribution in [0.1, 0.15) is 25.0 Å². The molecule has 0 atom stereocenters. The molecule has 1 heterocycles. The molecule has 0 aliphatic heterocycles. The maximum Gasteiger partial charge on any atom is 0.336 e. The summed E-state index contributed by atoms with van der Waals surface area (Å²) < 4.78 is 10.8. The van der Waals surface area contributed by atoms with Gasteiger partial charge in [0, 0.05) is 17.0 Å². The molecule has 0 saturated carbocycles. The van der Waals surface area contributed by atoms with E-state index >= 15 is 0 Å². The van der Waals surface area contributed by atoms with E-state index in [1.165, 1.54) is 11.6 Å². The Kier molecular flexibility index (Phi) is 3.74. The average Bonchev–Trinajstić information content (AvgIpc) is 2.35. The maximum absolute atomic E-state index is 11.6. The van der Waals surface area contributed by atoms with Crippen LogP contribution in [0.4, 0.5) is 0 Å². The third-order valence-corrected chi connectivity index (χ3v) is 3.11. The highest BCUT2D eigenvalue weighted by molar-refractivity contribution is 5.85. The lowest BCUT2D eigenvalue weighted by Gasteiger charge is -2.10. The minimum absolute atomic E-state index is 0.322. The summed E-state index contributed by atoms with van der Waals surface area (Å²) in [7, 11) is 1.63. The first-order valence-corrected chi connectivity index (χ1v) is 6.26. The van der Waals surface area contributed by atoms with E-state index in [1.54, 1.807) is 7.11 Å². The van der Waals surface area contributed by atoms with Crippen molar-refractivity contribution in [3.8, 4) is 5.75 Å². The molecule has 100 valence electrons. The van der Waals surface area contributed by atoms with Gasteiger partial charge in [-0.15, -0.1) is 0 Å². The van der Waals surface area contributed by atoms with Gasteiger partial charge < -0.3 is 9.15 Å². The minimum Gasteiger partial charge on any atom is -0.496 e. The van der Waals surface area contributed by atoms with E-state index in [9.17, 15) is 4.79 Å². The van der Waals surface area contributed by atoms with Crippen molar-refractivity contribution < 1.29 is 9.15 Å². The van der Waals surface area contributed by atoms with Crippen LogP contribution in [0.2, 0.25) is 0 Å². The zero-order chi connectivity index (χ0) is 14.0. The van der Waals surface area contributed by atoms with E-state index in [2.05, 4.69) is 6.08 Å². The van der Waals surface area contributed by atoms with E-state index in [0.717, 1.165) is 22.3 Å². The van der Waals surface area contributed by atoms with Gasteiger partial charge in [-0.05, 0) is 44.9 Å². The molecule has 2 rings (SSSR count). The zero-order valence-electron chi connectivity index (χ0n) is 11.7. The van der Waals surface area contributed by atoms with Crippen molar-refractivity contribution in [2.24, 2.45) is 0 Å². The first-order valence-electron chi connectivity index (χ1n) is 6.26. The van der Waals surface area contributed by atoms with Gasteiger partial charge in [0.1, 0.15) is 11.3 Å². The average molecular weight is 258 g/mol. The van der Waals surface area contributed by atoms with Crippen LogP contribution < -0.4 is 10.4 Å². The predicted octanol–water partition coefficient (Wildman–Crippen LogP) is 3.62. The van der Waals surface area contributed by atoms with Crippen LogP contribution >= 0.6 is 0 Å². The predicted molar refractivity (Wildman–Crippen MR) is 76.9 cm³/mol. The first-order chi connectivity index (χ1) is 9.02. The lowest BCUT2D eigenvalue weighted by Crippen LogP contribution is -2.01. The Bertz CT molecular complexity index is 689. The molecule has 0 aliphatic carbocycles. The van der Waals surface area contributed by atoms with E-state index < -0.39 is 0 Å². The number of rotatable bonds is 3. The summed E-state index contributed by atoms with van der Waals surface area (Å²) in [6.07, 6.45) is 2.79. The van der Waals surface area contributed by atoms with Crippen molar-refractivity contribution in [1.29, 1.82) is 0 Å². The van der Waals surface area contributed by atoms with Crippen molar-refractivity contribution in [2.45, 2.75) is 27.2 Å². The van der Waals surface area contributed by atoms with Crippen molar-refractivity contribution in [3.63, 3.8) is 0 Å². The fraction of sp³-hybridized carbons (Fsp3) is 0.312. The lowest BCUT2D eigenvalue weighted by atomic mass is 10.0. The molecule has 0 saturated heterocycles. The van der Waals surface area contributed by atoms with E-state index in [1.807, 2.05) is 32.9 Å². The van der Waals surface area contributed by atoms with Gasteiger partial charge >= 0.3 is 5.63 Å². The molecular formula is C16H18O3. The fourth-order valence-electron chi connectivity index (χ4n) is 2.11. The Morgan fingerprint density at radius 1 is 1.37 bits per heavy atom. The van der Waals surface area contributed by atoms with Gasteiger partial charge in [0.05, 0.1) is 7.11 Å². The van der Waals surface area contributed by atoms with Crippen molar-refractivity contribution in [3.05, 3.63) is 51.4 Å². The minimum atomic E-state index is -0.322.